The van der Waals surface area contributed by atoms with Crippen molar-refractivity contribution in [3.05, 3.63) is 28.3 Å². The molecule has 1 aromatic carbocycles. The number of phenolic OH excluding ortho intramolecular Hbond substituents is 1. The zero-order valence-electron chi connectivity index (χ0n) is 8.16. The van der Waals surface area contributed by atoms with E-state index < -0.39 is 5.97 Å². The summed E-state index contributed by atoms with van der Waals surface area (Å²) in [6.07, 6.45) is -0.251. The number of rotatable bonds is 4. The van der Waals surface area contributed by atoms with Gasteiger partial charge in [0.05, 0.1) is 13.0 Å². The third kappa shape index (κ3) is 3.11. The van der Waals surface area contributed by atoms with Crippen LogP contribution in [-0.4, -0.2) is 23.3 Å². The minimum atomic E-state index is -1.01. The summed E-state index contributed by atoms with van der Waals surface area (Å²) in [5.41, 5.74) is 0.929. The van der Waals surface area contributed by atoms with Gasteiger partial charge in [-0.2, -0.15) is 0 Å². The van der Waals surface area contributed by atoms with Crippen molar-refractivity contribution in [2.45, 2.75) is 13.0 Å². The van der Waals surface area contributed by atoms with Crippen LogP contribution < -0.4 is 0 Å². The first-order chi connectivity index (χ1) is 7.04. The quantitative estimate of drug-likeness (QED) is 0.828. The van der Waals surface area contributed by atoms with Crippen LogP contribution in [0.2, 0.25) is 5.02 Å². The fraction of sp³-hybridized carbons (Fsp3) is 0.300. The van der Waals surface area contributed by atoms with E-state index in [1.54, 1.807) is 0 Å². The lowest BCUT2D eigenvalue weighted by Crippen LogP contribution is -2.01. The van der Waals surface area contributed by atoms with Crippen LogP contribution in [-0.2, 0) is 22.6 Å². The Morgan fingerprint density at radius 2 is 2.13 bits per heavy atom. The molecule has 0 amide bonds. The maximum absolute atomic E-state index is 10.5. The third-order valence-corrected chi connectivity index (χ3v) is 2.24. The highest BCUT2D eigenvalue weighted by Crippen LogP contribution is 2.27. The van der Waals surface area contributed by atoms with Crippen molar-refractivity contribution in [1.29, 1.82) is 0 Å². The second-order valence-electron chi connectivity index (χ2n) is 3.08. The van der Waals surface area contributed by atoms with Gasteiger partial charge in [0.1, 0.15) is 5.75 Å². The first-order valence-electron chi connectivity index (χ1n) is 4.25. The second kappa shape index (κ2) is 5.00. The van der Waals surface area contributed by atoms with Crippen LogP contribution >= 0.6 is 11.6 Å². The van der Waals surface area contributed by atoms with E-state index in [4.69, 9.17) is 21.4 Å². The summed E-state index contributed by atoms with van der Waals surface area (Å²) >= 11 is 5.88. The highest BCUT2D eigenvalue weighted by molar-refractivity contribution is 6.31. The molecule has 0 aliphatic rings. The molecule has 0 unspecified atom stereocenters. The lowest BCUT2D eigenvalue weighted by Gasteiger charge is -2.07. The molecule has 1 aromatic rings. The number of methoxy groups -OCH3 is 1. The number of aliphatic carboxylic acids is 1. The monoisotopic (exact) mass is 230 g/mol. The maximum Gasteiger partial charge on any atom is 0.307 e. The summed E-state index contributed by atoms with van der Waals surface area (Å²) in [4.78, 5) is 10.5. The van der Waals surface area contributed by atoms with Crippen LogP contribution in [0.1, 0.15) is 11.1 Å². The Morgan fingerprint density at radius 1 is 1.47 bits per heavy atom. The zero-order valence-corrected chi connectivity index (χ0v) is 8.91. The van der Waals surface area contributed by atoms with E-state index in [0.717, 1.165) is 0 Å². The molecule has 82 valence electrons. The van der Waals surface area contributed by atoms with Gasteiger partial charge in [0, 0.05) is 17.7 Å². The summed E-state index contributed by atoms with van der Waals surface area (Å²) in [5, 5.41) is 18.5. The predicted molar refractivity (Wildman–Crippen MR) is 55.2 cm³/mol. The number of hydrogen-bond acceptors (Lipinski definition) is 3. The minimum absolute atomic E-state index is 0.0751. The lowest BCUT2D eigenvalue weighted by molar-refractivity contribution is -0.136. The normalized spacial score (nSPS) is 10.3. The van der Waals surface area contributed by atoms with Gasteiger partial charge in [-0.15, -0.1) is 0 Å². The van der Waals surface area contributed by atoms with Gasteiger partial charge in [-0.1, -0.05) is 11.6 Å². The fourth-order valence-electron chi connectivity index (χ4n) is 1.22. The average molecular weight is 231 g/mol. The molecule has 0 spiro atoms. The van der Waals surface area contributed by atoms with Crippen molar-refractivity contribution >= 4 is 17.6 Å². The number of carboxylic acids is 1. The largest absolute Gasteiger partial charge is 0.508 e. The van der Waals surface area contributed by atoms with Gasteiger partial charge in [-0.05, 0) is 17.7 Å². The van der Waals surface area contributed by atoms with E-state index in [2.05, 4.69) is 0 Å². The Hall–Kier alpha value is -1.26. The van der Waals surface area contributed by atoms with Gasteiger partial charge in [0.2, 0.25) is 0 Å². The summed E-state index contributed by atoms with van der Waals surface area (Å²) in [7, 11) is 1.51. The number of phenols is 1. The molecule has 5 heteroatoms. The van der Waals surface area contributed by atoms with E-state index >= 15 is 0 Å². The molecule has 1 rings (SSSR count). The molecule has 4 nitrogen and oxygen atoms in total. The molecule has 0 saturated heterocycles. The van der Waals surface area contributed by atoms with E-state index in [-0.39, 0.29) is 18.8 Å². The summed E-state index contributed by atoms with van der Waals surface area (Å²) < 4.78 is 4.87. The molecule has 0 radical (unpaired) electrons. The number of halogens is 1. The van der Waals surface area contributed by atoms with Crippen LogP contribution in [0.3, 0.4) is 0 Å². The molecule has 0 fully saturated rings. The molecule has 15 heavy (non-hydrogen) atoms. The number of aromatic hydroxyl groups is 1. The van der Waals surface area contributed by atoms with Crippen molar-refractivity contribution in [3.63, 3.8) is 0 Å². The minimum Gasteiger partial charge on any atom is -0.508 e. The number of carbonyl (C=O) groups is 1. The first-order valence-corrected chi connectivity index (χ1v) is 4.63. The summed E-state index contributed by atoms with van der Waals surface area (Å²) in [6.45, 7) is 0.278. The maximum atomic E-state index is 10.5. The molecule has 0 aliphatic carbocycles. The van der Waals surface area contributed by atoms with Gasteiger partial charge in [0.15, 0.2) is 0 Å². The van der Waals surface area contributed by atoms with Crippen LogP contribution in [0.15, 0.2) is 12.1 Å². The first kappa shape index (κ1) is 11.8. The van der Waals surface area contributed by atoms with Crippen molar-refractivity contribution in [2.75, 3.05) is 7.11 Å². The van der Waals surface area contributed by atoms with E-state index in [1.807, 2.05) is 0 Å². The van der Waals surface area contributed by atoms with Crippen LogP contribution in [0.4, 0.5) is 0 Å². The SMILES string of the molecule is COCc1cc(O)c(CC(=O)O)cc1Cl. The molecule has 0 aromatic heterocycles. The van der Waals surface area contributed by atoms with E-state index in [9.17, 15) is 9.90 Å². The number of carboxylic acid groups (broad SMARTS) is 1. The second-order valence-corrected chi connectivity index (χ2v) is 3.48. The van der Waals surface area contributed by atoms with E-state index in [0.29, 0.717) is 16.1 Å². The van der Waals surface area contributed by atoms with Crippen LogP contribution in [0, 0.1) is 0 Å². The standard InChI is InChI=1S/C10H11ClO4/c1-15-5-7-3-9(12)6(2-8(7)11)4-10(13)14/h2-3,12H,4-5H2,1H3,(H,13,14). The van der Waals surface area contributed by atoms with Crippen LogP contribution in [0.25, 0.3) is 0 Å². The lowest BCUT2D eigenvalue weighted by atomic mass is 10.1. The van der Waals surface area contributed by atoms with Crippen molar-refractivity contribution < 1.29 is 19.7 Å². The number of hydrogen-bond donors (Lipinski definition) is 2. The van der Waals surface area contributed by atoms with Crippen molar-refractivity contribution in [2.24, 2.45) is 0 Å². The number of benzene rings is 1. The van der Waals surface area contributed by atoms with Crippen molar-refractivity contribution in [1.82, 2.24) is 0 Å². The number of ether oxygens (including phenoxy) is 1. The highest BCUT2D eigenvalue weighted by Gasteiger charge is 2.10. The van der Waals surface area contributed by atoms with Crippen LogP contribution in [0.5, 0.6) is 5.75 Å². The Labute approximate surface area is 92.1 Å². The third-order valence-electron chi connectivity index (χ3n) is 1.89. The molecule has 0 bridgehead atoms. The molecular formula is C10H11ClO4. The Bertz CT molecular complexity index is 376. The molecule has 0 atom stereocenters. The molecular weight excluding hydrogens is 220 g/mol. The zero-order chi connectivity index (χ0) is 11.4. The summed E-state index contributed by atoms with van der Waals surface area (Å²) in [6, 6.07) is 2.86. The molecule has 2 N–H and O–H groups in total. The summed E-state index contributed by atoms with van der Waals surface area (Å²) in [5.74, 6) is -1.09. The smallest absolute Gasteiger partial charge is 0.307 e. The average Bonchev–Trinajstić information content (AvgIpc) is 2.13. The van der Waals surface area contributed by atoms with E-state index in [1.165, 1.54) is 19.2 Å². The van der Waals surface area contributed by atoms with Gasteiger partial charge in [0.25, 0.3) is 0 Å². The van der Waals surface area contributed by atoms with Gasteiger partial charge >= 0.3 is 5.97 Å². The predicted octanol–water partition coefficient (Wildman–Crippen LogP) is 1.82. The molecule has 0 aliphatic heterocycles. The Balaban J connectivity index is 3.02. The Morgan fingerprint density at radius 3 is 2.67 bits per heavy atom. The van der Waals surface area contributed by atoms with Gasteiger partial charge in [-0.25, -0.2) is 0 Å². The Kier molecular flexibility index (Phi) is 3.94. The molecule has 0 saturated carbocycles. The van der Waals surface area contributed by atoms with Gasteiger partial charge in [-0.3, -0.25) is 4.79 Å². The van der Waals surface area contributed by atoms with Gasteiger partial charge < -0.3 is 14.9 Å². The topological polar surface area (TPSA) is 66.8 Å². The fourth-order valence-corrected chi connectivity index (χ4v) is 1.46. The van der Waals surface area contributed by atoms with Crippen molar-refractivity contribution in [3.8, 4) is 5.75 Å². The highest BCUT2D eigenvalue weighted by atomic mass is 35.5. The molecule has 0 heterocycles.